The van der Waals surface area contributed by atoms with Crippen LogP contribution in [0.15, 0.2) is 6.07 Å². The van der Waals surface area contributed by atoms with E-state index in [2.05, 4.69) is 32.2 Å². The molecule has 0 aliphatic carbocycles. The van der Waals surface area contributed by atoms with Gasteiger partial charge in [-0.1, -0.05) is 6.07 Å². The van der Waals surface area contributed by atoms with Crippen molar-refractivity contribution in [3.8, 4) is 5.75 Å². The second-order valence-electron chi connectivity index (χ2n) is 4.74. The van der Waals surface area contributed by atoms with Crippen molar-refractivity contribution < 1.29 is 9.84 Å². The maximum atomic E-state index is 8.72. The molecule has 0 radical (unpaired) electrons. The largest absolute Gasteiger partial charge is 0.496 e. The van der Waals surface area contributed by atoms with Crippen molar-refractivity contribution in [2.24, 2.45) is 0 Å². The summed E-state index contributed by atoms with van der Waals surface area (Å²) in [7, 11) is 1.72. The average molecular weight is 251 g/mol. The number of aliphatic hydroxyl groups is 1. The highest BCUT2D eigenvalue weighted by atomic mass is 16.5. The Kier molecular flexibility index (Phi) is 6.16. The van der Waals surface area contributed by atoms with Gasteiger partial charge in [0.1, 0.15) is 5.75 Å². The molecule has 0 heterocycles. The first-order valence-corrected chi connectivity index (χ1v) is 6.57. The number of nitrogens with one attached hydrogen (secondary N) is 1. The maximum Gasteiger partial charge on any atom is 0.124 e. The van der Waals surface area contributed by atoms with Crippen LogP contribution >= 0.6 is 0 Å². The van der Waals surface area contributed by atoms with Crippen LogP contribution in [-0.4, -0.2) is 25.4 Å². The van der Waals surface area contributed by atoms with Gasteiger partial charge in [-0.25, -0.2) is 0 Å². The Morgan fingerprint density at radius 2 is 1.89 bits per heavy atom. The predicted octanol–water partition coefficient (Wildman–Crippen LogP) is 2.48. The number of methoxy groups -OCH3 is 1. The molecule has 1 aromatic carbocycles. The zero-order chi connectivity index (χ0) is 13.5. The number of rotatable bonds is 7. The van der Waals surface area contributed by atoms with E-state index in [-0.39, 0.29) is 6.61 Å². The molecule has 0 amide bonds. The molecule has 2 N–H and O–H groups in total. The fraction of sp³-hybridized carbons (Fsp3) is 0.600. The number of aliphatic hydroxyl groups excluding tert-OH is 1. The first-order chi connectivity index (χ1) is 8.61. The van der Waals surface area contributed by atoms with Gasteiger partial charge in [-0.05, 0) is 62.4 Å². The molecule has 0 aromatic heterocycles. The molecule has 0 bridgehead atoms. The molecule has 3 nitrogen and oxygen atoms in total. The van der Waals surface area contributed by atoms with Crippen LogP contribution in [0.1, 0.15) is 35.1 Å². The lowest BCUT2D eigenvalue weighted by atomic mass is 9.98. The number of benzene rings is 1. The summed E-state index contributed by atoms with van der Waals surface area (Å²) in [4.78, 5) is 0. The number of hydrogen-bond acceptors (Lipinski definition) is 3. The third-order valence-electron chi connectivity index (χ3n) is 3.41. The third kappa shape index (κ3) is 3.72. The molecule has 1 rings (SSSR count). The van der Waals surface area contributed by atoms with Crippen molar-refractivity contribution in [2.45, 2.75) is 40.2 Å². The van der Waals surface area contributed by atoms with Crippen molar-refractivity contribution in [1.82, 2.24) is 5.32 Å². The molecule has 0 aliphatic heterocycles. The summed E-state index contributed by atoms with van der Waals surface area (Å²) in [5.41, 5.74) is 5.04. The second-order valence-corrected chi connectivity index (χ2v) is 4.74. The molecule has 18 heavy (non-hydrogen) atoms. The van der Waals surface area contributed by atoms with Crippen LogP contribution in [-0.2, 0) is 6.54 Å². The van der Waals surface area contributed by atoms with Crippen LogP contribution in [0.2, 0.25) is 0 Å². The molecular formula is C15H25NO2. The van der Waals surface area contributed by atoms with Crippen LogP contribution in [0, 0.1) is 20.8 Å². The van der Waals surface area contributed by atoms with Gasteiger partial charge in [0.05, 0.1) is 7.11 Å². The molecule has 0 saturated carbocycles. The number of unbranched alkanes of at least 4 members (excludes halogenated alkanes) is 1. The van der Waals surface area contributed by atoms with Gasteiger partial charge >= 0.3 is 0 Å². The van der Waals surface area contributed by atoms with Crippen molar-refractivity contribution >= 4 is 0 Å². The minimum absolute atomic E-state index is 0.279. The molecule has 0 unspecified atom stereocenters. The van der Waals surface area contributed by atoms with E-state index >= 15 is 0 Å². The molecule has 0 saturated heterocycles. The fourth-order valence-corrected chi connectivity index (χ4v) is 2.22. The molecule has 0 aliphatic rings. The Labute approximate surface area is 110 Å². The molecule has 0 atom stereocenters. The van der Waals surface area contributed by atoms with Crippen LogP contribution in [0.3, 0.4) is 0 Å². The van der Waals surface area contributed by atoms with Gasteiger partial charge in [-0.3, -0.25) is 0 Å². The van der Waals surface area contributed by atoms with Gasteiger partial charge in [0.25, 0.3) is 0 Å². The lowest BCUT2D eigenvalue weighted by Gasteiger charge is -2.16. The van der Waals surface area contributed by atoms with E-state index in [1.54, 1.807) is 7.11 Å². The Bertz CT molecular complexity index is 389. The number of aryl methyl sites for hydroxylation is 1. The summed E-state index contributed by atoms with van der Waals surface area (Å²) in [5, 5.41) is 12.1. The summed E-state index contributed by atoms with van der Waals surface area (Å²) in [5.74, 6) is 0.997. The molecule has 3 heteroatoms. The lowest BCUT2D eigenvalue weighted by Crippen LogP contribution is -2.16. The van der Waals surface area contributed by atoms with Crippen molar-refractivity contribution in [1.29, 1.82) is 0 Å². The predicted molar refractivity (Wildman–Crippen MR) is 75.2 cm³/mol. The van der Waals surface area contributed by atoms with Crippen LogP contribution in [0.4, 0.5) is 0 Å². The Hall–Kier alpha value is -1.06. The van der Waals surface area contributed by atoms with Gasteiger partial charge in [0, 0.05) is 13.2 Å². The zero-order valence-corrected chi connectivity index (χ0v) is 12.0. The first kappa shape index (κ1) is 15.0. The topological polar surface area (TPSA) is 41.5 Å². The third-order valence-corrected chi connectivity index (χ3v) is 3.41. The van der Waals surface area contributed by atoms with Crippen LogP contribution < -0.4 is 10.1 Å². The highest BCUT2D eigenvalue weighted by Gasteiger charge is 2.09. The van der Waals surface area contributed by atoms with E-state index in [4.69, 9.17) is 9.84 Å². The van der Waals surface area contributed by atoms with E-state index in [0.717, 1.165) is 31.7 Å². The summed E-state index contributed by atoms with van der Waals surface area (Å²) in [6, 6.07) is 2.19. The van der Waals surface area contributed by atoms with Gasteiger partial charge < -0.3 is 15.2 Å². The van der Waals surface area contributed by atoms with Crippen LogP contribution in [0.25, 0.3) is 0 Å². The van der Waals surface area contributed by atoms with Gasteiger partial charge in [-0.15, -0.1) is 0 Å². The van der Waals surface area contributed by atoms with E-state index in [1.807, 2.05) is 0 Å². The summed E-state index contributed by atoms with van der Waals surface area (Å²) in [6.07, 6.45) is 1.89. The minimum atomic E-state index is 0.279. The SMILES string of the molecule is COc1c(C)cc(CNCCCCO)c(C)c1C. The van der Waals surface area contributed by atoms with Crippen LogP contribution in [0.5, 0.6) is 5.75 Å². The van der Waals surface area contributed by atoms with E-state index in [0.29, 0.717) is 0 Å². The Morgan fingerprint density at radius 3 is 2.50 bits per heavy atom. The molecule has 1 aromatic rings. The lowest BCUT2D eigenvalue weighted by molar-refractivity contribution is 0.283. The number of hydrogen-bond donors (Lipinski definition) is 2. The summed E-state index contributed by atoms with van der Waals surface area (Å²) >= 11 is 0. The van der Waals surface area contributed by atoms with Gasteiger partial charge in [0.2, 0.25) is 0 Å². The normalized spacial score (nSPS) is 10.7. The second kappa shape index (κ2) is 7.39. The summed E-state index contributed by atoms with van der Waals surface area (Å²) in [6.45, 7) is 8.44. The summed E-state index contributed by atoms with van der Waals surface area (Å²) < 4.78 is 5.42. The monoisotopic (exact) mass is 251 g/mol. The smallest absolute Gasteiger partial charge is 0.124 e. The van der Waals surface area contributed by atoms with E-state index in [9.17, 15) is 0 Å². The molecule has 0 fully saturated rings. The minimum Gasteiger partial charge on any atom is -0.496 e. The Morgan fingerprint density at radius 1 is 1.17 bits per heavy atom. The molecule has 0 spiro atoms. The quantitative estimate of drug-likeness (QED) is 0.732. The maximum absolute atomic E-state index is 8.72. The fourth-order valence-electron chi connectivity index (χ4n) is 2.22. The Balaban J connectivity index is 2.66. The zero-order valence-electron chi connectivity index (χ0n) is 12.0. The van der Waals surface area contributed by atoms with Gasteiger partial charge in [-0.2, -0.15) is 0 Å². The van der Waals surface area contributed by atoms with Gasteiger partial charge in [0.15, 0.2) is 0 Å². The standard InChI is InChI=1S/C15H25NO2/c1-11-9-14(10-16-7-5-6-8-17)12(2)13(3)15(11)18-4/h9,16-17H,5-8,10H2,1-4H3. The van der Waals surface area contributed by atoms with E-state index < -0.39 is 0 Å². The molecular weight excluding hydrogens is 226 g/mol. The average Bonchev–Trinajstić information content (AvgIpc) is 2.35. The van der Waals surface area contributed by atoms with E-state index in [1.165, 1.54) is 22.3 Å². The molecule has 102 valence electrons. The highest BCUT2D eigenvalue weighted by Crippen LogP contribution is 2.28. The van der Waals surface area contributed by atoms with Crippen molar-refractivity contribution in [2.75, 3.05) is 20.3 Å². The first-order valence-electron chi connectivity index (χ1n) is 6.57. The highest BCUT2D eigenvalue weighted by molar-refractivity contribution is 5.48. The van der Waals surface area contributed by atoms with Crippen molar-refractivity contribution in [3.05, 3.63) is 28.3 Å². The van der Waals surface area contributed by atoms with Crippen molar-refractivity contribution in [3.63, 3.8) is 0 Å². The number of ether oxygens (including phenoxy) is 1.